The number of benzene rings is 1. The molecule has 0 saturated heterocycles. The first kappa shape index (κ1) is 14.1. The Hall–Kier alpha value is -0.560. The standard InChI is InChI=1S/C19H24ClF/c1-11-3-16(21)4-12(2)17(11)18(20)19-8-13-5-14(9-19)7-15(6-13)10-19/h3-4,13-15,18H,5-10H2,1-2H3. The molecule has 0 amide bonds. The highest BCUT2D eigenvalue weighted by Gasteiger charge is 2.54. The molecule has 4 aliphatic rings. The van der Waals surface area contributed by atoms with Gasteiger partial charge in [-0.25, -0.2) is 4.39 Å². The van der Waals surface area contributed by atoms with E-state index in [1.807, 2.05) is 13.8 Å². The lowest BCUT2D eigenvalue weighted by molar-refractivity contribution is -0.0553. The van der Waals surface area contributed by atoms with Gasteiger partial charge in [0.15, 0.2) is 0 Å². The predicted octanol–water partition coefficient (Wildman–Crippen LogP) is 5.94. The molecule has 4 fully saturated rings. The van der Waals surface area contributed by atoms with E-state index >= 15 is 0 Å². The van der Waals surface area contributed by atoms with E-state index < -0.39 is 0 Å². The highest BCUT2D eigenvalue weighted by molar-refractivity contribution is 6.21. The maximum Gasteiger partial charge on any atom is 0.123 e. The zero-order valence-corrected chi connectivity index (χ0v) is 13.7. The fraction of sp³-hybridized carbons (Fsp3) is 0.684. The van der Waals surface area contributed by atoms with Crippen molar-refractivity contribution >= 4 is 11.6 Å². The van der Waals surface area contributed by atoms with Crippen LogP contribution in [-0.4, -0.2) is 0 Å². The van der Waals surface area contributed by atoms with E-state index in [-0.39, 0.29) is 16.6 Å². The minimum Gasteiger partial charge on any atom is -0.207 e. The van der Waals surface area contributed by atoms with Gasteiger partial charge >= 0.3 is 0 Å². The number of halogens is 2. The summed E-state index contributed by atoms with van der Waals surface area (Å²) >= 11 is 7.07. The van der Waals surface area contributed by atoms with Crippen molar-refractivity contribution in [1.82, 2.24) is 0 Å². The molecule has 0 aliphatic heterocycles. The lowest BCUT2D eigenvalue weighted by Gasteiger charge is -2.58. The number of hydrogen-bond acceptors (Lipinski definition) is 0. The lowest BCUT2D eigenvalue weighted by atomic mass is 9.48. The number of aryl methyl sites for hydroxylation is 2. The molecule has 2 heteroatoms. The fourth-order valence-corrected chi connectivity index (χ4v) is 6.73. The topological polar surface area (TPSA) is 0 Å². The molecule has 0 N–H and O–H groups in total. The average molecular weight is 307 g/mol. The Morgan fingerprint density at radius 2 is 1.43 bits per heavy atom. The molecule has 0 spiro atoms. The molecule has 4 saturated carbocycles. The third-order valence-electron chi connectivity index (χ3n) is 6.44. The van der Waals surface area contributed by atoms with Gasteiger partial charge in [-0.05, 0) is 104 Å². The van der Waals surface area contributed by atoms with Crippen molar-refractivity contribution in [2.45, 2.75) is 57.7 Å². The monoisotopic (exact) mass is 306 g/mol. The molecule has 0 aromatic heterocycles. The lowest BCUT2D eigenvalue weighted by Crippen LogP contribution is -2.48. The zero-order chi connectivity index (χ0) is 14.8. The van der Waals surface area contributed by atoms with Gasteiger partial charge in [0.25, 0.3) is 0 Å². The van der Waals surface area contributed by atoms with Gasteiger partial charge in [0.2, 0.25) is 0 Å². The van der Waals surface area contributed by atoms with E-state index in [1.54, 1.807) is 12.1 Å². The van der Waals surface area contributed by atoms with Crippen LogP contribution < -0.4 is 0 Å². The second-order valence-electron chi connectivity index (χ2n) is 8.10. The van der Waals surface area contributed by atoms with Crippen LogP contribution >= 0.6 is 11.6 Å². The molecule has 1 aromatic rings. The van der Waals surface area contributed by atoms with Crippen LogP contribution in [0.25, 0.3) is 0 Å². The minimum absolute atomic E-state index is 0.0616. The largest absolute Gasteiger partial charge is 0.207 e. The van der Waals surface area contributed by atoms with Gasteiger partial charge in [-0.3, -0.25) is 0 Å². The highest BCUT2D eigenvalue weighted by Crippen LogP contribution is 2.65. The molecule has 1 aromatic carbocycles. The van der Waals surface area contributed by atoms with Gasteiger partial charge in [0.05, 0.1) is 5.38 Å². The molecule has 1 unspecified atom stereocenters. The first-order valence-electron chi connectivity index (χ1n) is 8.37. The summed E-state index contributed by atoms with van der Waals surface area (Å²) in [6.07, 6.45) is 8.19. The van der Waals surface area contributed by atoms with Gasteiger partial charge in [-0.1, -0.05) is 0 Å². The summed E-state index contributed by atoms with van der Waals surface area (Å²) in [5.74, 6) is 2.57. The fourth-order valence-electron chi connectivity index (χ4n) is 6.12. The summed E-state index contributed by atoms with van der Waals surface area (Å²) in [6, 6.07) is 3.30. The van der Waals surface area contributed by atoms with Crippen molar-refractivity contribution in [2.75, 3.05) is 0 Å². The maximum atomic E-state index is 13.6. The Labute approximate surface area is 132 Å². The van der Waals surface area contributed by atoms with Gasteiger partial charge in [0.1, 0.15) is 5.82 Å². The Kier molecular flexibility index (Phi) is 3.16. The van der Waals surface area contributed by atoms with Crippen LogP contribution in [0.1, 0.15) is 60.6 Å². The van der Waals surface area contributed by atoms with Crippen molar-refractivity contribution in [2.24, 2.45) is 23.2 Å². The Balaban J connectivity index is 1.73. The second-order valence-corrected chi connectivity index (χ2v) is 8.53. The van der Waals surface area contributed by atoms with Crippen LogP contribution in [0.5, 0.6) is 0 Å². The number of hydrogen-bond donors (Lipinski definition) is 0. The van der Waals surface area contributed by atoms with Crippen molar-refractivity contribution < 1.29 is 4.39 Å². The normalized spacial score (nSPS) is 38.8. The molecule has 0 radical (unpaired) electrons. The third-order valence-corrected chi connectivity index (χ3v) is 7.12. The minimum atomic E-state index is -0.136. The van der Waals surface area contributed by atoms with E-state index in [9.17, 15) is 4.39 Å². The van der Waals surface area contributed by atoms with E-state index in [4.69, 9.17) is 11.6 Å². The van der Waals surface area contributed by atoms with Gasteiger partial charge in [-0.15, -0.1) is 11.6 Å². The van der Waals surface area contributed by atoms with Crippen LogP contribution in [0, 0.1) is 42.8 Å². The molecule has 0 nitrogen and oxygen atoms in total. The van der Waals surface area contributed by atoms with Crippen LogP contribution in [0.15, 0.2) is 12.1 Å². The Morgan fingerprint density at radius 3 is 1.86 bits per heavy atom. The van der Waals surface area contributed by atoms with Gasteiger partial charge in [0, 0.05) is 0 Å². The van der Waals surface area contributed by atoms with Gasteiger partial charge in [-0.2, -0.15) is 0 Å². The van der Waals surface area contributed by atoms with E-state index in [1.165, 1.54) is 44.1 Å². The van der Waals surface area contributed by atoms with Crippen molar-refractivity contribution in [3.8, 4) is 0 Å². The molecule has 4 aliphatic carbocycles. The molecule has 0 heterocycles. The van der Waals surface area contributed by atoms with E-state index in [0.717, 1.165) is 28.9 Å². The summed E-state index contributed by atoms with van der Waals surface area (Å²) in [5, 5.41) is 0.0616. The summed E-state index contributed by atoms with van der Waals surface area (Å²) < 4.78 is 13.6. The quantitative estimate of drug-likeness (QED) is 0.593. The zero-order valence-electron chi connectivity index (χ0n) is 13.0. The molecule has 21 heavy (non-hydrogen) atoms. The second kappa shape index (κ2) is 4.72. The Morgan fingerprint density at radius 1 is 1.00 bits per heavy atom. The van der Waals surface area contributed by atoms with Crippen LogP contribution in [0.3, 0.4) is 0 Å². The van der Waals surface area contributed by atoms with Crippen molar-refractivity contribution in [3.63, 3.8) is 0 Å². The smallest absolute Gasteiger partial charge is 0.123 e. The Bertz CT molecular complexity index is 519. The highest BCUT2D eigenvalue weighted by atomic mass is 35.5. The van der Waals surface area contributed by atoms with Gasteiger partial charge < -0.3 is 0 Å². The molecule has 4 bridgehead atoms. The van der Waals surface area contributed by atoms with Crippen LogP contribution in [0.2, 0.25) is 0 Å². The number of alkyl halides is 1. The summed E-state index contributed by atoms with van der Waals surface area (Å²) in [4.78, 5) is 0. The first-order valence-corrected chi connectivity index (χ1v) is 8.81. The van der Waals surface area contributed by atoms with E-state index in [2.05, 4.69) is 0 Å². The molecule has 5 rings (SSSR count). The molecule has 114 valence electrons. The summed E-state index contributed by atoms with van der Waals surface area (Å²) in [7, 11) is 0. The van der Waals surface area contributed by atoms with Crippen LogP contribution in [0.4, 0.5) is 4.39 Å². The third kappa shape index (κ3) is 2.15. The van der Waals surface area contributed by atoms with Crippen molar-refractivity contribution in [3.05, 3.63) is 34.6 Å². The number of rotatable bonds is 2. The maximum absolute atomic E-state index is 13.6. The van der Waals surface area contributed by atoms with E-state index in [0.29, 0.717) is 0 Å². The predicted molar refractivity (Wildman–Crippen MR) is 85.1 cm³/mol. The molecular formula is C19H24ClF. The average Bonchev–Trinajstić information content (AvgIpc) is 2.35. The first-order chi connectivity index (χ1) is 9.97. The SMILES string of the molecule is Cc1cc(F)cc(C)c1C(Cl)C12CC3CC(CC(C3)C1)C2. The summed E-state index contributed by atoms with van der Waals surface area (Å²) in [5.41, 5.74) is 3.55. The molecule has 1 atom stereocenters. The summed E-state index contributed by atoms with van der Waals surface area (Å²) in [6.45, 7) is 4.03. The van der Waals surface area contributed by atoms with Crippen LogP contribution in [-0.2, 0) is 0 Å². The molecular weight excluding hydrogens is 283 g/mol. The van der Waals surface area contributed by atoms with Crippen molar-refractivity contribution in [1.29, 1.82) is 0 Å².